The Kier molecular flexibility index (Phi) is 3.09. The van der Waals surface area contributed by atoms with Crippen molar-refractivity contribution < 1.29 is 13.2 Å². The van der Waals surface area contributed by atoms with Crippen LogP contribution in [0.1, 0.15) is 27.7 Å². The molecule has 0 unspecified atom stereocenters. The second kappa shape index (κ2) is 3.81. The van der Waals surface area contributed by atoms with Crippen LogP contribution in [0.15, 0.2) is 11.5 Å². The van der Waals surface area contributed by atoms with E-state index in [1.807, 2.05) is 27.7 Å². The zero-order valence-electron chi connectivity index (χ0n) is 8.99. The molecule has 0 saturated heterocycles. The lowest BCUT2D eigenvalue weighted by Gasteiger charge is -2.27. The SMILES string of the molecule is CC(C)C1=C(C(C)C)OCS(=O)(=O)N1. The van der Waals surface area contributed by atoms with Crippen LogP contribution in [0.3, 0.4) is 0 Å². The molecule has 14 heavy (non-hydrogen) atoms. The van der Waals surface area contributed by atoms with Crippen molar-refractivity contribution in [1.29, 1.82) is 0 Å². The molecule has 1 N–H and O–H groups in total. The Morgan fingerprint density at radius 1 is 1.21 bits per heavy atom. The second-order valence-corrected chi connectivity index (χ2v) is 5.74. The molecule has 1 aliphatic heterocycles. The van der Waals surface area contributed by atoms with E-state index in [0.29, 0.717) is 5.70 Å². The van der Waals surface area contributed by atoms with Gasteiger partial charge in [-0.25, -0.2) is 8.42 Å². The molecule has 1 rings (SSSR count). The number of hydrogen-bond donors (Lipinski definition) is 1. The molecule has 0 fully saturated rings. The Hall–Kier alpha value is -0.710. The molecule has 82 valence electrons. The van der Waals surface area contributed by atoms with Gasteiger partial charge in [-0.15, -0.1) is 0 Å². The molecule has 5 heteroatoms. The van der Waals surface area contributed by atoms with Gasteiger partial charge in [0.25, 0.3) is 10.0 Å². The molecule has 0 aromatic rings. The molecule has 0 aliphatic carbocycles. The van der Waals surface area contributed by atoms with Crippen molar-refractivity contribution in [2.24, 2.45) is 11.8 Å². The summed E-state index contributed by atoms with van der Waals surface area (Å²) < 4.78 is 30.3. The van der Waals surface area contributed by atoms with E-state index in [4.69, 9.17) is 4.74 Å². The van der Waals surface area contributed by atoms with Gasteiger partial charge < -0.3 is 4.74 Å². The standard InChI is InChI=1S/C9H17NO3S/c1-6(2)8-9(7(3)4)13-5-14(11,12)10-8/h6-7,10H,5H2,1-4H3. The average Bonchev–Trinajstić information content (AvgIpc) is 2.01. The number of rotatable bonds is 2. The molecular formula is C9H17NO3S. The third-order valence-electron chi connectivity index (χ3n) is 2.00. The van der Waals surface area contributed by atoms with E-state index in [1.54, 1.807) is 0 Å². The monoisotopic (exact) mass is 219 g/mol. The highest BCUT2D eigenvalue weighted by Gasteiger charge is 2.26. The van der Waals surface area contributed by atoms with Gasteiger partial charge in [0.05, 0.1) is 5.70 Å². The van der Waals surface area contributed by atoms with Gasteiger partial charge in [-0.3, -0.25) is 4.72 Å². The van der Waals surface area contributed by atoms with Crippen LogP contribution in [-0.4, -0.2) is 14.4 Å². The van der Waals surface area contributed by atoms with Gasteiger partial charge in [-0.1, -0.05) is 27.7 Å². The first-order valence-electron chi connectivity index (χ1n) is 4.71. The molecule has 0 atom stereocenters. The average molecular weight is 219 g/mol. The summed E-state index contributed by atoms with van der Waals surface area (Å²) in [5.41, 5.74) is 0.686. The summed E-state index contributed by atoms with van der Waals surface area (Å²) in [6, 6.07) is 0. The smallest absolute Gasteiger partial charge is 0.268 e. The minimum Gasteiger partial charge on any atom is -0.478 e. The van der Waals surface area contributed by atoms with Gasteiger partial charge in [-0.05, 0) is 5.92 Å². The van der Waals surface area contributed by atoms with Gasteiger partial charge in [0.2, 0.25) is 5.94 Å². The van der Waals surface area contributed by atoms with Gasteiger partial charge in [0.15, 0.2) is 0 Å². The Morgan fingerprint density at radius 2 is 1.79 bits per heavy atom. The number of sulfonamides is 1. The van der Waals surface area contributed by atoms with Gasteiger partial charge in [0.1, 0.15) is 5.76 Å². The lowest BCUT2D eigenvalue weighted by atomic mass is 10.0. The molecule has 1 heterocycles. The Balaban J connectivity index is 3.08. The van der Waals surface area contributed by atoms with Crippen molar-refractivity contribution in [2.75, 3.05) is 5.94 Å². The molecule has 0 bridgehead atoms. The van der Waals surface area contributed by atoms with Crippen molar-refractivity contribution in [2.45, 2.75) is 27.7 Å². The number of nitrogens with one attached hydrogen (secondary N) is 1. The lowest BCUT2D eigenvalue weighted by molar-refractivity contribution is 0.211. The summed E-state index contributed by atoms with van der Waals surface area (Å²) in [5, 5.41) is 0. The van der Waals surface area contributed by atoms with E-state index in [2.05, 4.69) is 4.72 Å². The van der Waals surface area contributed by atoms with E-state index in [1.165, 1.54) is 0 Å². The predicted octanol–water partition coefficient (Wildman–Crippen LogP) is 1.42. The lowest BCUT2D eigenvalue weighted by Crippen LogP contribution is -2.36. The minimum absolute atomic E-state index is 0.127. The third kappa shape index (κ3) is 2.41. The van der Waals surface area contributed by atoms with E-state index >= 15 is 0 Å². The van der Waals surface area contributed by atoms with Crippen LogP contribution in [0, 0.1) is 11.8 Å². The van der Waals surface area contributed by atoms with Crippen molar-refractivity contribution in [3.05, 3.63) is 11.5 Å². The number of allylic oxidation sites excluding steroid dienone is 2. The normalized spacial score (nSPS) is 21.0. The summed E-state index contributed by atoms with van der Waals surface area (Å²) in [4.78, 5) is 0. The van der Waals surface area contributed by atoms with Crippen molar-refractivity contribution >= 4 is 10.0 Å². The zero-order valence-corrected chi connectivity index (χ0v) is 9.81. The summed E-state index contributed by atoms with van der Waals surface area (Å²) >= 11 is 0. The van der Waals surface area contributed by atoms with E-state index in [0.717, 1.165) is 5.76 Å². The molecule has 1 aliphatic rings. The molecule has 0 amide bonds. The predicted molar refractivity (Wildman–Crippen MR) is 54.7 cm³/mol. The fourth-order valence-electron chi connectivity index (χ4n) is 1.35. The summed E-state index contributed by atoms with van der Waals surface area (Å²) in [6.45, 7) is 7.85. The van der Waals surface area contributed by atoms with Crippen LogP contribution in [0.2, 0.25) is 0 Å². The van der Waals surface area contributed by atoms with Crippen LogP contribution < -0.4 is 4.72 Å². The van der Waals surface area contributed by atoms with Crippen LogP contribution >= 0.6 is 0 Å². The maximum atomic E-state index is 11.3. The Labute approximate surface area is 85.4 Å². The van der Waals surface area contributed by atoms with E-state index in [-0.39, 0.29) is 17.8 Å². The molecule has 0 radical (unpaired) electrons. The minimum atomic E-state index is -3.27. The molecule has 0 aromatic heterocycles. The summed E-state index contributed by atoms with van der Waals surface area (Å²) in [5.74, 6) is 0.823. The summed E-state index contributed by atoms with van der Waals surface area (Å²) in [7, 11) is -3.27. The quantitative estimate of drug-likeness (QED) is 0.764. The first-order chi connectivity index (χ1) is 6.33. The van der Waals surface area contributed by atoms with Crippen LogP contribution in [-0.2, 0) is 14.8 Å². The Morgan fingerprint density at radius 3 is 2.21 bits per heavy atom. The topological polar surface area (TPSA) is 55.4 Å². The highest BCUT2D eigenvalue weighted by Crippen LogP contribution is 2.24. The van der Waals surface area contributed by atoms with Crippen molar-refractivity contribution in [3.8, 4) is 0 Å². The Bertz CT molecular complexity index is 341. The molecule has 0 aromatic carbocycles. The van der Waals surface area contributed by atoms with E-state index in [9.17, 15) is 8.42 Å². The van der Waals surface area contributed by atoms with Crippen LogP contribution in [0.5, 0.6) is 0 Å². The first kappa shape index (κ1) is 11.4. The van der Waals surface area contributed by atoms with E-state index < -0.39 is 10.0 Å². The first-order valence-corrected chi connectivity index (χ1v) is 6.36. The molecule has 0 spiro atoms. The van der Waals surface area contributed by atoms with Crippen LogP contribution in [0.25, 0.3) is 0 Å². The second-order valence-electron chi connectivity index (χ2n) is 4.07. The van der Waals surface area contributed by atoms with Crippen molar-refractivity contribution in [3.63, 3.8) is 0 Å². The number of ether oxygens (including phenoxy) is 1. The summed E-state index contributed by atoms with van der Waals surface area (Å²) in [6.07, 6.45) is 0. The maximum Gasteiger partial charge on any atom is 0.268 e. The fourth-order valence-corrected chi connectivity index (χ4v) is 2.36. The van der Waals surface area contributed by atoms with Gasteiger partial charge >= 0.3 is 0 Å². The van der Waals surface area contributed by atoms with Gasteiger partial charge in [-0.2, -0.15) is 0 Å². The fraction of sp³-hybridized carbons (Fsp3) is 0.778. The third-order valence-corrected chi connectivity index (χ3v) is 2.96. The number of hydrogen-bond acceptors (Lipinski definition) is 3. The molecular weight excluding hydrogens is 202 g/mol. The molecule has 4 nitrogen and oxygen atoms in total. The molecule has 0 saturated carbocycles. The highest BCUT2D eigenvalue weighted by atomic mass is 32.2. The van der Waals surface area contributed by atoms with Crippen LogP contribution in [0.4, 0.5) is 0 Å². The largest absolute Gasteiger partial charge is 0.478 e. The maximum absolute atomic E-state index is 11.3. The highest BCUT2D eigenvalue weighted by molar-refractivity contribution is 7.89. The zero-order chi connectivity index (χ0) is 10.9. The van der Waals surface area contributed by atoms with Gasteiger partial charge in [0, 0.05) is 5.92 Å². The van der Waals surface area contributed by atoms with Crippen molar-refractivity contribution in [1.82, 2.24) is 4.72 Å².